The van der Waals surface area contributed by atoms with Crippen molar-refractivity contribution in [2.24, 2.45) is 0 Å². The van der Waals surface area contributed by atoms with Gasteiger partial charge in [0, 0.05) is 31.6 Å². The number of ketones is 1. The van der Waals surface area contributed by atoms with Gasteiger partial charge in [0.15, 0.2) is 0 Å². The number of aromatic nitrogens is 1. The predicted molar refractivity (Wildman–Crippen MR) is 86.5 cm³/mol. The van der Waals surface area contributed by atoms with Crippen LogP contribution in [0, 0.1) is 5.95 Å². The summed E-state index contributed by atoms with van der Waals surface area (Å²) in [4.78, 5) is 17.0. The molecule has 132 valence electrons. The molecule has 2 heterocycles. The van der Waals surface area contributed by atoms with Gasteiger partial charge < -0.3 is 15.3 Å². The summed E-state index contributed by atoms with van der Waals surface area (Å²) in [6, 6.07) is 1.65. The third-order valence-corrected chi connectivity index (χ3v) is 4.39. The van der Waals surface area contributed by atoms with Crippen molar-refractivity contribution in [2.45, 2.75) is 44.1 Å². The zero-order chi connectivity index (χ0) is 17.7. The fraction of sp³-hybridized carbons (Fsp3) is 0.529. The van der Waals surface area contributed by atoms with Crippen LogP contribution < -0.4 is 0 Å². The molecule has 4 atom stereocenters. The van der Waals surface area contributed by atoms with E-state index in [1.165, 1.54) is 12.3 Å². The molecule has 1 aliphatic heterocycles. The summed E-state index contributed by atoms with van der Waals surface area (Å²) < 4.78 is 12.8. The molecule has 0 saturated carbocycles. The molecular weight excluding hydrogens is 315 g/mol. The van der Waals surface area contributed by atoms with Gasteiger partial charge >= 0.3 is 0 Å². The molecule has 1 saturated heterocycles. The lowest BCUT2D eigenvalue weighted by Gasteiger charge is -2.28. The Bertz CT molecular complexity index is 578. The summed E-state index contributed by atoms with van der Waals surface area (Å²) >= 11 is 0. The van der Waals surface area contributed by atoms with E-state index < -0.39 is 30.2 Å². The van der Waals surface area contributed by atoms with Crippen LogP contribution in [0.2, 0.25) is 0 Å². The van der Waals surface area contributed by atoms with Crippen LogP contribution in [0.25, 0.3) is 6.08 Å². The van der Waals surface area contributed by atoms with Crippen LogP contribution in [0.1, 0.15) is 25.3 Å². The number of rotatable bonds is 7. The quantitative estimate of drug-likeness (QED) is 0.622. The van der Waals surface area contributed by atoms with E-state index in [1.807, 2.05) is 0 Å². The van der Waals surface area contributed by atoms with Crippen molar-refractivity contribution in [3.63, 3.8) is 0 Å². The number of halogens is 1. The maximum atomic E-state index is 12.8. The van der Waals surface area contributed by atoms with Gasteiger partial charge in [0.05, 0.1) is 24.9 Å². The lowest BCUT2D eigenvalue weighted by Crippen LogP contribution is -2.42. The SMILES string of the molecule is CCC(=O)C[C@@H]1[C@@H](O)[C@H](O)[C@@H](CO)N1C/C=C/c1ccc(F)nc1. The van der Waals surface area contributed by atoms with Gasteiger partial charge in [0.2, 0.25) is 5.95 Å². The minimum Gasteiger partial charge on any atom is -0.395 e. The van der Waals surface area contributed by atoms with Crippen LogP contribution in [-0.4, -0.2) is 68.4 Å². The molecule has 0 spiro atoms. The normalized spacial score (nSPS) is 27.9. The lowest BCUT2D eigenvalue weighted by atomic mass is 10.0. The van der Waals surface area contributed by atoms with Gasteiger partial charge in [-0.1, -0.05) is 19.1 Å². The van der Waals surface area contributed by atoms with Crippen LogP contribution in [0.3, 0.4) is 0 Å². The van der Waals surface area contributed by atoms with E-state index in [-0.39, 0.29) is 18.8 Å². The van der Waals surface area contributed by atoms with Crippen molar-refractivity contribution >= 4 is 11.9 Å². The predicted octanol–water partition coefficient (Wildman–Crippen LogP) is 0.370. The maximum absolute atomic E-state index is 12.8. The molecule has 7 heteroatoms. The van der Waals surface area contributed by atoms with Crippen LogP contribution in [0.15, 0.2) is 24.4 Å². The van der Waals surface area contributed by atoms with Crippen LogP contribution in [0.5, 0.6) is 0 Å². The zero-order valence-electron chi connectivity index (χ0n) is 13.5. The van der Waals surface area contributed by atoms with Crippen molar-refractivity contribution in [1.82, 2.24) is 9.88 Å². The van der Waals surface area contributed by atoms with Crippen LogP contribution >= 0.6 is 0 Å². The first-order chi connectivity index (χ1) is 11.5. The third kappa shape index (κ3) is 4.24. The number of nitrogens with zero attached hydrogens (tertiary/aromatic N) is 2. The Morgan fingerprint density at radius 3 is 2.62 bits per heavy atom. The molecule has 2 rings (SSSR count). The van der Waals surface area contributed by atoms with Crippen molar-refractivity contribution in [2.75, 3.05) is 13.2 Å². The first-order valence-corrected chi connectivity index (χ1v) is 8.00. The van der Waals surface area contributed by atoms with Crippen molar-refractivity contribution in [1.29, 1.82) is 0 Å². The molecule has 6 nitrogen and oxygen atoms in total. The molecule has 24 heavy (non-hydrogen) atoms. The Morgan fingerprint density at radius 2 is 2.04 bits per heavy atom. The van der Waals surface area contributed by atoms with Crippen molar-refractivity contribution in [3.05, 3.63) is 35.9 Å². The zero-order valence-corrected chi connectivity index (χ0v) is 13.5. The van der Waals surface area contributed by atoms with Gasteiger partial charge in [-0.2, -0.15) is 4.39 Å². The minimum absolute atomic E-state index is 0.0125. The number of hydrogen-bond donors (Lipinski definition) is 3. The van der Waals surface area contributed by atoms with Crippen molar-refractivity contribution < 1.29 is 24.5 Å². The molecule has 0 aliphatic carbocycles. The molecular formula is C17H23FN2O4. The molecule has 3 N–H and O–H groups in total. The highest BCUT2D eigenvalue weighted by Crippen LogP contribution is 2.28. The van der Waals surface area contributed by atoms with Crippen LogP contribution in [-0.2, 0) is 4.79 Å². The highest BCUT2D eigenvalue weighted by Gasteiger charge is 2.46. The maximum Gasteiger partial charge on any atom is 0.212 e. The summed E-state index contributed by atoms with van der Waals surface area (Å²) in [6.45, 7) is 1.76. The molecule has 0 aromatic carbocycles. The largest absolute Gasteiger partial charge is 0.395 e. The number of carbonyl (C=O) groups excluding carboxylic acids is 1. The molecule has 0 bridgehead atoms. The van der Waals surface area contributed by atoms with Gasteiger partial charge in [0.25, 0.3) is 0 Å². The Labute approximate surface area is 140 Å². The highest BCUT2D eigenvalue weighted by molar-refractivity contribution is 5.78. The highest BCUT2D eigenvalue weighted by atomic mass is 19.1. The summed E-state index contributed by atoms with van der Waals surface area (Å²) in [6.07, 6.45) is 3.18. The van der Waals surface area contributed by atoms with Crippen molar-refractivity contribution in [3.8, 4) is 0 Å². The standard InChI is InChI=1S/C17H23FN2O4/c1-2-12(22)8-13-16(23)17(24)14(10-21)20(13)7-3-4-11-5-6-15(18)19-9-11/h3-6,9,13-14,16-17,21,23-24H,2,7-8,10H2,1H3/b4-3+/t13-,14-,16-,17-/m1/s1. The van der Waals surface area contributed by atoms with Gasteiger partial charge in [-0.05, 0) is 17.7 Å². The van der Waals surface area contributed by atoms with E-state index in [0.29, 0.717) is 18.5 Å². The van der Waals surface area contributed by atoms with Gasteiger partial charge in [0.1, 0.15) is 5.78 Å². The summed E-state index contributed by atoms with van der Waals surface area (Å²) in [7, 11) is 0. The van der Waals surface area contributed by atoms with E-state index in [0.717, 1.165) is 0 Å². The second-order valence-electron chi connectivity index (χ2n) is 5.91. The van der Waals surface area contributed by atoms with Gasteiger partial charge in [-0.15, -0.1) is 0 Å². The first-order valence-electron chi connectivity index (χ1n) is 8.00. The number of likely N-dealkylation sites (tertiary alicyclic amines) is 1. The fourth-order valence-electron chi connectivity index (χ4n) is 2.99. The number of aliphatic hydroxyl groups is 3. The number of hydrogen-bond acceptors (Lipinski definition) is 6. The average molecular weight is 338 g/mol. The van der Waals surface area contributed by atoms with E-state index in [4.69, 9.17) is 0 Å². The second kappa shape index (κ2) is 8.43. The van der Waals surface area contributed by atoms with Gasteiger partial charge in [-0.25, -0.2) is 4.98 Å². The smallest absolute Gasteiger partial charge is 0.212 e. The third-order valence-electron chi connectivity index (χ3n) is 4.39. The van der Waals surface area contributed by atoms with Crippen LogP contribution in [0.4, 0.5) is 4.39 Å². The molecule has 1 aromatic heterocycles. The molecule has 0 unspecified atom stereocenters. The summed E-state index contributed by atoms with van der Waals surface area (Å²) in [5.74, 6) is -0.571. The van der Waals surface area contributed by atoms with Gasteiger partial charge in [-0.3, -0.25) is 9.69 Å². The first kappa shape index (κ1) is 18.7. The number of aliphatic hydroxyl groups excluding tert-OH is 3. The Kier molecular flexibility index (Phi) is 6.56. The monoisotopic (exact) mass is 338 g/mol. The molecule has 1 fully saturated rings. The molecule has 1 aliphatic rings. The summed E-state index contributed by atoms with van der Waals surface area (Å²) in [5, 5.41) is 29.8. The fourth-order valence-corrected chi connectivity index (χ4v) is 2.99. The van der Waals surface area contributed by atoms with E-state index in [9.17, 15) is 24.5 Å². The number of pyridine rings is 1. The van der Waals surface area contributed by atoms with E-state index >= 15 is 0 Å². The Balaban J connectivity index is 2.10. The minimum atomic E-state index is -1.11. The second-order valence-corrected chi connectivity index (χ2v) is 5.91. The molecule has 1 aromatic rings. The average Bonchev–Trinajstić information content (AvgIpc) is 2.80. The number of Topliss-reactive ketones (excluding diaryl/α,β-unsaturated/α-hetero) is 1. The lowest BCUT2D eigenvalue weighted by molar-refractivity contribution is -0.120. The Hall–Kier alpha value is -1.67. The molecule has 0 amide bonds. The van der Waals surface area contributed by atoms with E-state index in [2.05, 4.69) is 4.98 Å². The van der Waals surface area contributed by atoms with E-state index in [1.54, 1.807) is 30.0 Å². The topological polar surface area (TPSA) is 93.9 Å². The molecule has 0 radical (unpaired) electrons. The Morgan fingerprint density at radius 1 is 1.33 bits per heavy atom. The summed E-state index contributed by atoms with van der Waals surface area (Å²) in [5.41, 5.74) is 0.707. The number of carbonyl (C=O) groups is 1.